The molecule has 4 heteroatoms. The van der Waals surface area contributed by atoms with E-state index in [4.69, 9.17) is 9.52 Å². The molecule has 0 aliphatic carbocycles. The van der Waals surface area contributed by atoms with Crippen molar-refractivity contribution in [3.05, 3.63) is 52.5 Å². The van der Waals surface area contributed by atoms with Gasteiger partial charge in [-0.05, 0) is 44.9 Å². The van der Waals surface area contributed by atoms with Crippen LogP contribution in [0.5, 0.6) is 0 Å². The Kier molecular flexibility index (Phi) is 4.25. The van der Waals surface area contributed by atoms with Crippen molar-refractivity contribution in [1.29, 1.82) is 0 Å². The number of amides is 1. The van der Waals surface area contributed by atoms with Gasteiger partial charge in [-0.15, -0.1) is 0 Å². The smallest absolute Gasteiger partial charge is 0.259 e. The molecule has 0 radical (unpaired) electrons. The van der Waals surface area contributed by atoms with E-state index < -0.39 is 0 Å². The summed E-state index contributed by atoms with van der Waals surface area (Å²) in [6.07, 6.45) is 0.618. The molecule has 0 aliphatic heterocycles. The maximum atomic E-state index is 12.3. The van der Waals surface area contributed by atoms with E-state index >= 15 is 0 Å². The molecule has 1 amide bonds. The Hall–Kier alpha value is -2.07. The first kappa shape index (κ1) is 14.3. The second-order valence-corrected chi connectivity index (χ2v) is 4.84. The molecular weight excluding hydrogens is 254 g/mol. The lowest BCUT2D eigenvalue weighted by Gasteiger charge is -2.06. The molecular formula is C16H19NO3. The van der Waals surface area contributed by atoms with E-state index in [9.17, 15) is 4.79 Å². The first-order valence-electron chi connectivity index (χ1n) is 6.60. The molecule has 0 bridgehead atoms. The van der Waals surface area contributed by atoms with Gasteiger partial charge in [0.25, 0.3) is 5.91 Å². The highest BCUT2D eigenvalue weighted by molar-refractivity contribution is 6.06. The van der Waals surface area contributed by atoms with Crippen LogP contribution in [0.4, 0.5) is 5.69 Å². The summed E-state index contributed by atoms with van der Waals surface area (Å²) in [6, 6.07) is 7.46. The molecule has 20 heavy (non-hydrogen) atoms. The summed E-state index contributed by atoms with van der Waals surface area (Å²) in [5, 5.41) is 11.7. The first-order valence-corrected chi connectivity index (χ1v) is 6.60. The fourth-order valence-electron chi connectivity index (χ4n) is 2.20. The van der Waals surface area contributed by atoms with E-state index in [1.165, 1.54) is 0 Å². The first-order chi connectivity index (χ1) is 9.52. The molecule has 4 nitrogen and oxygen atoms in total. The van der Waals surface area contributed by atoms with Crippen molar-refractivity contribution in [3.63, 3.8) is 0 Å². The lowest BCUT2D eigenvalue weighted by molar-refractivity contribution is 0.102. The topological polar surface area (TPSA) is 62.5 Å². The number of carbonyl (C=O) groups excluding carboxylic acids is 1. The summed E-state index contributed by atoms with van der Waals surface area (Å²) >= 11 is 0. The molecule has 2 rings (SSSR count). The van der Waals surface area contributed by atoms with Gasteiger partial charge >= 0.3 is 0 Å². The lowest BCUT2D eigenvalue weighted by Crippen LogP contribution is -2.13. The monoisotopic (exact) mass is 273 g/mol. The van der Waals surface area contributed by atoms with E-state index in [-0.39, 0.29) is 12.5 Å². The molecule has 0 saturated heterocycles. The van der Waals surface area contributed by atoms with Gasteiger partial charge < -0.3 is 14.8 Å². The standard InChI is InChI=1S/C16H19NO3/c1-10-11(2)20-12(3)15(10)16(19)17-14-6-4-13(5-7-14)8-9-18/h4-7,18H,8-9H2,1-3H3,(H,17,19). The fourth-order valence-corrected chi connectivity index (χ4v) is 2.20. The predicted molar refractivity (Wildman–Crippen MR) is 78.1 cm³/mol. The zero-order valence-electron chi connectivity index (χ0n) is 12.0. The third-order valence-electron chi connectivity index (χ3n) is 3.40. The zero-order chi connectivity index (χ0) is 14.7. The largest absolute Gasteiger partial charge is 0.466 e. The number of hydrogen-bond donors (Lipinski definition) is 2. The number of rotatable bonds is 4. The van der Waals surface area contributed by atoms with E-state index in [0.717, 1.165) is 22.6 Å². The average Bonchev–Trinajstić information content (AvgIpc) is 2.66. The van der Waals surface area contributed by atoms with Gasteiger partial charge in [0.2, 0.25) is 0 Å². The Morgan fingerprint density at radius 3 is 2.30 bits per heavy atom. The Morgan fingerprint density at radius 1 is 1.15 bits per heavy atom. The lowest BCUT2D eigenvalue weighted by atomic mass is 10.1. The molecule has 106 valence electrons. The van der Waals surface area contributed by atoms with Crippen molar-refractivity contribution in [2.45, 2.75) is 27.2 Å². The molecule has 2 aromatic rings. The van der Waals surface area contributed by atoms with Gasteiger partial charge in [-0.2, -0.15) is 0 Å². The normalized spacial score (nSPS) is 10.6. The van der Waals surface area contributed by atoms with Crippen LogP contribution in [0.2, 0.25) is 0 Å². The molecule has 0 unspecified atom stereocenters. The maximum Gasteiger partial charge on any atom is 0.259 e. The Morgan fingerprint density at radius 2 is 1.80 bits per heavy atom. The predicted octanol–water partition coefficient (Wildman–Crippen LogP) is 2.99. The third kappa shape index (κ3) is 2.91. The van der Waals surface area contributed by atoms with Gasteiger partial charge in [0, 0.05) is 17.9 Å². The molecule has 2 N–H and O–H groups in total. The number of hydrogen-bond acceptors (Lipinski definition) is 3. The number of aliphatic hydroxyl groups is 1. The summed E-state index contributed by atoms with van der Waals surface area (Å²) in [5.41, 5.74) is 3.24. The highest BCUT2D eigenvalue weighted by Gasteiger charge is 2.18. The second-order valence-electron chi connectivity index (χ2n) is 4.84. The van der Waals surface area contributed by atoms with Crippen molar-refractivity contribution in [3.8, 4) is 0 Å². The number of anilines is 1. The van der Waals surface area contributed by atoms with Crippen LogP contribution in [-0.2, 0) is 6.42 Å². The molecule has 0 aliphatic rings. The van der Waals surface area contributed by atoms with Gasteiger partial charge in [-0.1, -0.05) is 12.1 Å². The minimum atomic E-state index is -0.160. The molecule has 1 aromatic carbocycles. The SMILES string of the molecule is Cc1oc(C)c(C(=O)Nc2ccc(CCO)cc2)c1C. The molecule has 0 spiro atoms. The summed E-state index contributed by atoms with van der Waals surface area (Å²) in [5.74, 6) is 1.24. The summed E-state index contributed by atoms with van der Waals surface area (Å²) in [6.45, 7) is 5.64. The Balaban J connectivity index is 2.15. The van der Waals surface area contributed by atoms with E-state index in [2.05, 4.69) is 5.32 Å². The number of furan rings is 1. The van der Waals surface area contributed by atoms with Gasteiger partial charge in [0.05, 0.1) is 5.56 Å². The van der Waals surface area contributed by atoms with Crippen LogP contribution >= 0.6 is 0 Å². The molecule has 0 atom stereocenters. The average molecular weight is 273 g/mol. The molecule has 1 heterocycles. The minimum Gasteiger partial charge on any atom is -0.466 e. The number of aryl methyl sites for hydroxylation is 2. The van der Waals surface area contributed by atoms with E-state index in [0.29, 0.717) is 17.7 Å². The second kappa shape index (κ2) is 5.92. The molecule has 0 fully saturated rings. The summed E-state index contributed by atoms with van der Waals surface area (Å²) in [4.78, 5) is 12.3. The summed E-state index contributed by atoms with van der Waals surface area (Å²) < 4.78 is 5.47. The van der Waals surface area contributed by atoms with Crippen molar-refractivity contribution in [2.75, 3.05) is 11.9 Å². The minimum absolute atomic E-state index is 0.123. The zero-order valence-corrected chi connectivity index (χ0v) is 12.0. The highest BCUT2D eigenvalue weighted by Crippen LogP contribution is 2.22. The van der Waals surface area contributed by atoms with Crippen LogP contribution in [0.15, 0.2) is 28.7 Å². The van der Waals surface area contributed by atoms with Crippen molar-refractivity contribution in [1.82, 2.24) is 0 Å². The number of benzene rings is 1. The maximum absolute atomic E-state index is 12.3. The van der Waals surface area contributed by atoms with Crippen LogP contribution in [0.1, 0.15) is 33.0 Å². The number of nitrogens with one attached hydrogen (secondary N) is 1. The Bertz CT molecular complexity index is 611. The third-order valence-corrected chi connectivity index (χ3v) is 3.40. The fraction of sp³-hybridized carbons (Fsp3) is 0.312. The van der Waals surface area contributed by atoms with E-state index in [1.807, 2.05) is 38.1 Å². The van der Waals surface area contributed by atoms with Crippen molar-refractivity contribution < 1.29 is 14.3 Å². The van der Waals surface area contributed by atoms with Gasteiger partial charge in [-0.25, -0.2) is 0 Å². The molecule has 1 aromatic heterocycles. The van der Waals surface area contributed by atoms with Crippen LogP contribution in [0.25, 0.3) is 0 Å². The van der Waals surface area contributed by atoms with Gasteiger partial charge in [0.15, 0.2) is 0 Å². The summed E-state index contributed by atoms with van der Waals surface area (Å²) in [7, 11) is 0. The quantitative estimate of drug-likeness (QED) is 0.900. The van der Waals surface area contributed by atoms with Crippen LogP contribution in [-0.4, -0.2) is 17.6 Å². The molecule has 0 saturated carbocycles. The highest BCUT2D eigenvalue weighted by atomic mass is 16.3. The van der Waals surface area contributed by atoms with Crippen molar-refractivity contribution in [2.24, 2.45) is 0 Å². The van der Waals surface area contributed by atoms with Gasteiger partial charge in [-0.3, -0.25) is 4.79 Å². The van der Waals surface area contributed by atoms with Crippen LogP contribution < -0.4 is 5.32 Å². The number of aliphatic hydroxyl groups excluding tert-OH is 1. The van der Waals surface area contributed by atoms with Gasteiger partial charge in [0.1, 0.15) is 11.5 Å². The van der Waals surface area contributed by atoms with Crippen molar-refractivity contribution >= 4 is 11.6 Å². The van der Waals surface area contributed by atoms with E-state index in [1.54, 1.807) is 6.92 Å². The van der Waals surface area contributed by atoms with Crippen LogP contribution in [0.3, 0.4) is 0 Å². The Labute approximate surface area is 118 Å². The van der Waals surface area contributed by atoms with Crippen LogP contribution in [0, 0.1) is 20.8 Å². The number of carbonyl (C=O) groups is 1.